The third-order valence-corrected chi connectivity index (χ3v) is 3.16. The third-order valence-electron chi connectivity index (χ3n) is 2.31. The summed E-state index contributed by atoms with van der Waals surface area (Å²) in [5.74, 6) is 0. The number of thiazole rings is 1. The maximum atomic E-state index is 4.45. The highest BCUT2D eigenvalue weighted by molar-refractivity contribution is 7.13. The number of hydrogen-bond donors (Lipinski definition) is 1. The first-order chi connectivity index (χ1) is 7.88. The van der Waals surface area contributed by atoms with E-state index in [1.54, 1.807) is 11.3 Å². The van der Waals surface area contributed by atoms with Gasteiger partial charge >= 0.3 is 0 Å². The average Bonchev–Trinajstić information content (AvgIpc) is 2.95. The van der Waals surface area contributed by atoms with Crippen LogP contribution in [0, 0.1) is 0 Å². The van der Waals surface area contributed by atoms with Crippen LogP contribution in [0.15, 0.2) is 23.8 Å². The summed E-state index contributed by atoms with van der Waals surface area (Å²) < 4.78 is 1.95. The SMILES string of the molecule is CCc1csc(NCCCn2cccn2)n1. The molecule has 0 aromatic carbocycles. The molecule has 2 rings (SSSR count). The zero-order valence-electron chi connectivity index (χ0n) is 9.39. The quantitative estimate of drug-likeness (QED) is 0.783. The van der Waals surface area contributed by atoms with Crippen molar-refractivity contribution in [3.8, 4) is 0 Å². The molecule has 0 aliphatic rings. The molecule has 0 saturated carbocycles. The fourth-order valence-corrected chi connectivity index (χ4v) is 2.24. The zero-order valence-corrected chi connectivity index (χ0v) is 10.2. The maximum Gasteiger partial charge on any atom is 0.182 e. The van der Waals surface area contributed by atoms with E-state index in [1.807, 2.05) is 23.1 Å². The number of aryl methyl sites for hydroxylation is 2. The highest BCUT2D eigenvalue weighted by Gasteiger charge is 1.98. The van der Waals surface area contributed by atoms with E-state index in [1.165, 1.54) is 5.69 Å². The largest absolute Gasteiger partial charge is 0.361 e. The van der Waals surface area contributed by atoms with Gasteiger partial charge in [-0.2, -0.15) is 5.10 Å². The molecule has 2 heterocycles. The van der Waals surface area contributed by atoms with Crippen LogP contribution in [-0.2, 0) is 13.0 Å². The van der Waals surface area contributed by atoms with E-state index in [4.69, 9.17) is 0 Å². The number of hydrogen-bond acceptors (Lipinski definition) is 4. The second-order valence-electron chi connectivity index (χ2n) is 3.55. The highest BCUT2D eigenvalue weighted by atomic mass is 32.1. The van der Waals surface area contributed by atoms with Gasteiger partial charge in [0.25, 0.3) is 0 Å². The maximum absolute atomic E-state index is 4.45. The van der Waals surface area contributed by atoms with Crippen molar-refractivity contribution in [3.05, 3.63) is 29.5 Å². The van der Waals surface area contributed by atoms with Crippen molar-refractivity contribution in [2.75, 3.05) is 11.9 Å². The van der Waals surface area contributed by atoms with E-state index in [-0.39, 0.29) is 0 Å². The van der Waals surface area contributed by atoms with Gasteiger partial charge in [0.2, 0.25) is 0 Å². The minimum Gasteiger partial charge on any atom is -0.361 e. The third kappa shape index (κ3) is 3.06. The Morgan fingerprint density at radius 3 is 3.12 bits per heavy atom. The van der Waals surface area contributed by atoms with Gasteiger partial charge in [-0.15, -0.1) is 11.3 Å². The van der Waals surface area contributed by atoms with Crippen LogP contribution < -0.4 is 5.32 Å². The van der Waals surface area contributed by atoms with Gasteiger partial charge < -0.3 is 5.32 Å². The highest BCUT2D eigenvalue weighted by Crippen LogP contribution is 2.15. The monoisotopic (exact) mass is 236 g/mol. The van der Waals surface area contributed by atoms with Crippen LogP contribution in [0.4, 0.5) is 5.13 Å². The summed E-state index contributed by atoms with van der Waals surface area (Å²) in [6.07, 6.45) is 5.86. The van der Waals surface area contributed by atoms with Crippen molar-refractivity contribution in [1.82, 2.24) is 14.8 Å². The van der Waals surface area contributed by atoms with Crippen molar-refractivity contribution in [2.45, 2.75) is 26.3 Å². The normalized spacial score (nSPS) is 10.6. The van der Waals surface area contributed by atoms with Gasteiger partial charge in [-0.05, 0) is 18.9 Å². The molecular weight excluding hydrogens is 220 g/mol. The molecule has 2 aromatic rings. The van der Waals surface area contributed by atoms with Crippen LogP contribution in [0.1, 0.15) is 19.0 Å². The number of nitrogens with one attached hydrogen (secondary N) is 1. The summed E-state index contributed by atoms with van der Waals surface area (Å²) in [5, 5.41) is 10.6. The lowest BCUT2D eigenvalue weighted by molar-refractivity contribution is 0.591. The first kappa shape index (κ1) is 11.1. The second kappa shape index (κ2) is 5.65. The molecule has 4 nitrogen and oxygen atoms in total. The Labute approximate surface area is 99.3 Å². The second-order valence-corrected chi connectivity index (χ2v) is 4.41. The number of anilines is 1. The predicted octanol–water partition coefficient (Wildman–Crippen LogP) is 2.40. The van der Waals surface area contributed by atoms with E-state index in [9.17, 15) is 0 Å². The molecule has 0 atom stereocenters. The van der Waals surface area contributed by atoms with Gasteiger partial charge in [0.1, 0.15) is 0 Å². The minimum atomic E-state index is 0.941. The first-order valence-electron chi connectivity index (χ1n) is 5.54. The van der Waals surface area contributed by atoms with Crippen molar-refractivity contribution in [1.29, 1.82) is 0 Å². The van der Waals surface area contributed by atoms with Crippen molar-refractivity contribution in [3.63, 3.8) is 0 Å². The molecule has 5 heteroatoms. The molecule has 86 valence electrons. The molecule has 0 spiro atoms. The number of aromatic nitrogens is 3. The van der Waals surface area contributed by atoms with Gasteiger partial charge in [-0.1, -0.05) is 6.92 Å². The van der Waals surface area contributed by atoms with Gasteiger partial charge in [-0.3, -0.25) is 4.68 Å². The Bertz CT molecular complexity index is 407. The molecule has 1 N–H and O–H groups in total. The molecular formula is C11H16N4S. The summed E-state index contributed by atoms with van der Waals surface area (Å²) in [5.41, 5.74) is 1.17. The molecule has 16 heavy (non-hydrogen) atoms. The molecule has 0 saturated heterocycles. The molecule has 0 aliphatic carbocycles. The summed E-state index contributed by atoms with van der Waals surface area (Å²) in [6, 6.07) is 1.95. The first-order valence-corrected chi connectivity index (χ1v) is 6.42. The number of rotatable bonds is 6. The number of nitrogens with zero attached hydrogens (tertiary/aromatic N) is 3. The topological polar surface area (TPSA) is 42.7 Å². The lowest BCUT2D eigenvalue weighted by Gasteiger charge is -2.02. The smallest absolute Gasteiger partial charge is 0.182 e. The summed E-state index contributed by atoms with van der Waals surface area (Å²) in [6.45, 7) is 4.01. The Morgan fingerprint density at radius 1 is 1.50 bits per heavy atom. The average molecular weight is 236 g/mol. The van der Waals surface area contributed by atoms with Crippen LogP contribution >= 0.6 is 11.3 Å². The van der Waals surface area contributed by atoms with Crippen LogP contribution in [0.2, 0.25) is 0 Å². The Hall–Kier alpha value is -1.36. The molecule has 0 fully saturated rings. The fourth-order valence-electron chi connectivity index (χ4n) is 1.42. The van der Waals surface area contributed by atoms with E-state index >= 15 is 0 Å². The van der Waals surface area contributed by atoms with E-state index in [0.29, 0.717) is 0 Å². The van der Waals surface area contributed by atoms with Gasteiger partial charge in [0.15, 0.2) is 5.13 Å². The van der Waals surface area contributed by atoms with Crippen molar-refractivity contribution >= 4 is 16.5 Å². The van der Waals surface area contributed by atoms with E-state index in [0.717, 1.165) is 31.1 Å². The van der Waals surface area contributed by atoms with Crippen LogP contribution in [0.25, 0.3) is 0 Å². The molecule has 0 aliphatic heterocycles. The Morgan fingerprint density at radius 2 is 2.44 bits per heavy atom. The molecule has 0 radical (unpaired) electrons. The summed E-state index contributed by atoms with van der Waals surface area (Å²) >= 11 is 1.68. The molecule has 0 amide bonds. The zero-order chi connectivity index (χ0) is 11.2. The predicted molar refractivity (Wildman–Crippen MR) is 66.8 cm³/mol. The van der Waals surface area contributed by atoms with Crippen LogP contribution in [0.3, 0.4) is 0 Å². The van der Waals surface area contributed by atoms with Crippen molar-refractivity contribution < 1.29 is 0 Å². The Balaban J connectivity index is 1.68. The fraction of sp³-hybridized carbons (Fsp3) is 0.455. The lowest BCUT2D eigenvalue weighted by atomic mass is 10.4. The Kier molecular flexibility index (Phi) is 3.93. The van der Waals surface area contributed by atoms with Crippen molar-refractivity contribution in [2.24, 2.45) is 0 Å². The molecule has 2 aromatic heterocycles. The van der Waals surface area contributed by atoms with Crippen LogP contribution in [0.5, 0.6) is 0 Å². The lowest BCUT2D eigenvalue weighted by Crippen LogP contribution is -2.06. The molecule has 0 bridgehead atoms. The molecule has 0 unspecified atom stereocenters. The summed E-state index contributed by atoms with van der Waals surface area (Å²) in [7, 11) is 0. The van der Waals surface area contributed by atoms with Gasteiger partial charge in [0, 0.05) is 30.9 Å². The van der Waals surface area contributed by atoms with Gasteiger partial charge in [-0.25, -0.2) is 4.98 Å². The van der Waals surface area contributed by atoms with E-state index in [2.05, 4.69) is 27.7 Å². The van der Waals surface area contributed by atoms with Gasteiger partial charge in [0.05, 0.1) is 5.69 Å². The van der Waals surface area contributed by atoms with Crippen LogP contribution in [-0.4, -0.2) is 21.3 Å². The van der Waals surface area contributed by atoms with E-state index < -0.39 is 0 Å². The minimum absolute atomic E-state index is 0.941. The standard InChI is InChI=1S/C11H16N4S/c1-2-10-9-16-11(14-10)12-5-3-7-15-8-4-6-13-15/h4,6,8-9H,2-3,5,7H2,1H3,(H,12,14). The summed E-state index contributed by atoms with van der Waals surface area (Å²) in [4.78, 5) is 4.45.